The first-order valence-electron chi connectivity index (χ1n) is 5.79. The highest BCUT2D eigenvalue weighted by Crippen LogP contribution is 2.38. The molecule has 5 heteroatoms. The molecule has 0 radical (unpaired) electrons. The van der Waals surface area contributed by atoms with Crippen LogP contribution in [0.3, 0.4) is 0 Å². The summed E-state index contributed by atoms with van der Waals surface area (Å²) in [5.74, 6) is 0.207. The molecule has 3 N–H and O–H groups in total. The van der Waals surface area contributed by atoms with E-state index in [0.717, 1.165) is 12.0 Å². The van der Waals surface area contributed by atoms with Crippen LogP contribution in [0.2, 0.25) is 0 Å². The molecule has 1 aromatic heterocycles. The van der Waals surface area contributed by atoms with Crippen LogP contribution in [0.4, 0.5) is 0 Å². The minimum Gasteiger partial charge on any atom is -0.471 e. The molecule has 5 nitrogen and oxygen atoms in total. The molecule has 2 aromatic rings. The largest absolute Gasteiger partial charge is 0.471 e. The van der Waals surface area contributed by atoms with Crippen molar-refractivity contribution in [1.29, 1.82) is 0 Å². The Morgan fingerprint density at radius 1 is 1.39 bits per heavy atom. The number of primary amides is 1. The smallest absolute Gasteiger partial charge is 0.268 e. The Bertz CT molecular complexity index is 580. The van der Waals surface area contributed by atoms with Crippen molar-refractivity contribution in [3.63, 3.8) is 0 Å². The van der Waals surface area contributed by atoms with Gasteiger partial charge in [-0.05, 0) is 24.1 Å². The molecule has 92 valence electrons. The Morgan fingerprint density at radius 2 is 2.22 bits per heavy atom. The van der Waals surface area contributed by atoms with Gasteiger partial charge >= 0.3 is 0 Å². The fourth-order valence-corrected chi connectivity index (χ4v) is 2.34. The number of carbonyl (C=O) groups is 1. The summed E-state index contributed by atoms with van der Waals surface area (Å²) in [7, 11) is 0. The van der Waals surface area contributed by atoms with Crippen LogP contribution < -0.4 is 10.5 Å². The van der Waals surface area contributed by atoms with E-state index in [0.29, 0.717) is 17.9 Å². The van der Waals surface area contributed by atoms with E-state index in [1.54, 1.807) is 12.3 Å². The highest BCUT2D eigenvalue weighted by Gasteiger charge is 2.45. The molecule has 0 saturated carbocycles. The fourth-order valence-electron chi connectivity index (χ4n) is 2.34. The van der Waals surface area contributed by atoms with Crippen molar-refractivity contribution in [1.82, 2.24) is 10.2 Å². The standard InChI is InChI=1S/C13H13N3O2/c14-12(17)13(11-6-8-15-16-11)7-5-9-3-1-2-4-10(9)18-13/h1-4,6,8H,5,7H2,(H2,14,17)(H,15,16). The first-order valence-corrected chi connectivity index (χ1v) is 5.79. The number of nitrogens with zero attached hydrogens (tertiary/aromatic N) is 1. The van der Waals surface area contributed by atoms with E-state index >= 15 is 0 Å². The third-order valence-electron chi connectivity index (χ3n) is 3.34. The lowest BCUT2D eigenvalue weighted by Gasteiger charge is -2.35. The number of aryl methyl sites for hydroxylation is 1. The van der Waals surface area contributed by atoms with Gasteiger partial charge < -0.3 is 10.5 Å². The summed E-state index contributed by atoms with van der Waals surface area (Å²) in [5, 5.41) is 6.65. The number of hydrogen-bond donors (Lipinski definition) is 2. The molecule has 18 heavy (non-hydrogen) atoms. The van der Waals surface area contributed by atoms with Crippen molar-refractivity contribution in [3.05, 3.63) is 47.8 Å². The fraction of sp³-hybridized carbons (Fsp3) is 0.231. The lowest BCUT2D eigenvalue weighted by Crippen LogP contribution is -2.48. The molecule has 1 unspecified atom stereocenters. The van der Waals surface area contributed by atoms with Gasteiger partial charge in [0.15, 0.2) is 0 Å². The van der Waals surface area contributed by atoms with Gasteiger partial charge in [0.2, 0.25) is 5.60 Å². The summed E-state index contributed by atoms with van der Waals surface area (Å²) in [6, 6.07) is 9.40. The number of benzene rings is 1. The zero-order valence-corrected chi connectivity index (χ0v) is 9.72. The molecule has 0 saturated heterocycles. The van der Waals surface area contributed by atoms with Crippen molar-refractivity contribution in [2.45, 2.75) is 18.4 Å². The van der Waals surface area contributed by atoms with Crippen molar-refractivity contribution in [2.24, 2.45) is 5.73 Å². The monoisotopic (exact) mass is 243 g/mol. The average molecular weight is 243 g/mol. The zero-order chi connectivity index (χ0) is 12.6. The van der Waals surface area contributed by atoms with Gasteiger partial charge in [-0.3, -0.25) is 9.89 Å². The Hall–Kier alpha value is -2.30. The average Bonchev–Trinajstić information content (AvgIpc) is 2.92. The molecular weight excluding hydrogens is 230 g/mol. The molecule has 1 atom stereocenters. The summed E-state index contributed by atoms with van der Waals surface area (Å²) in [5.41, 5.74) is 6.10. The normalized spacial score (nSPS) is 22.0. The highest BCUT2D eigenvalue weighted by atomic mass is 16.5. The molecule has 0 aliphatic carbocycles. The van der Waals surface area contributed by atoms with Crippen molar-refractivity contribution >= 4 is 5.91 Å². The van der Waals surface area contributed by atoms with Crippen LogP contribution >= 0.6 is 0 Å². The number of fused-ring (bicyclic) bond motifs is 1. The van der Waals surface area contributed by atoms with Gasteiger partial charge in [0, 0.05) is 12.6 Å². The molecule has 1 amide bonds. The molecule has 3 rings (SSSR count). The van der Waals surface area contributed by atoms with E-state index < -0.39 is 11.5 Å². The molecule has 1 aliphatic heterocycles. The maximum Gasteiger partial charge on any atom is 0.268 e. The van der Waals surface area contributed by atoms with Crippen LogP contribution in [0.25, 0.3) is 0 Å². The Morgan fingerprint density at radius 3 is 2.94 bits per heavy atom. The van der Waals surface area contributed by atoms with E-state index in [-0.39, 0.29) is 0 Å². The van der Waals surface area contributed by atoms with Crippen LogP contribution in [0, 0.1) is 0 Å². The highest BCUT2D eigenvalue weighted by molar-refractivity contribution is 5.85. The first kappa shape index (κ1) is 10.8. The van der Waals surface area contributed by atoms with E-state index in [1.807, 2.05) is 24.3 Å². The number of nitrogens with one attached hydrogen (secondary N) is 1. The number of carbonyl (C=O) groups excluding carboxylic acids is 1. The van der Waals surface area contributed by atoms with Gasteiger partial charge in [0.05, 0.1) is 5.69 Å². The molecular formula is C13H13N3O2. The molecule has 0 spiro atoms. The zero-order valence-electron chi connectivity index (χ0n) is 9.72. The second-order valence-corrected chi connectivity index (χ2v) is 4.37. The quantitative estimate of drug-likeness (QED) is 0.829. The number of aromatic nitrogens is 2. The van der Waals surface area contributed by atoms with E-state index in [1.165, 1.54) is 0 Å². The van der Waals surface area contributed by atoms with Crippen LogP contribution in [-0.2, 0) is 16.8 Å². The van der Waals surface area contributed by atoms with Gasteiger partial charge in [-0.2, -0.15) is 5.10 Å². The van der Waals surface area contributed by atoms with Crippen LogP contribution in [0.15, 0.2) is 36.5 Å². The number of hydrogen-bond acceptors (Lipinski definition) is 3. The van der Waals surface area contributed by atoms with Gasteiger partial charge in [-0.25, -0.2) is 0 Å². The minimum absolute atomic E-state index is 0.499. The molecule has 1 aromatic carbocycles. The van der Waals surface area contributed by atoms with E-state index in [9.17, 15) is 4.79 Å². The number of para-hydroxylation sites is 1. The van der Waals surface area contributed by atoms with Crippen molar-refractivity contribution in [2.75, 3.05) is 0 Å². The summed E-state index contributed by atoms with van der Waals surface area (Å²) >= 11 is 0. The second-order valence-electron chi connectivity index (χ2n) is 4.37. The predicted octanol–water partition coefficient (Wildman–Crippen LogP) is 1.12. The minimum atomic E-state index is -1.13. The Labute approximate surface area is 104 Å². The van der Waals surface area contributed by atoms with E-state index in [2.05, 4.69) is 10.2 Å². The third-order valence-corrected chi connectivity index (χ3v) is 3.34. The second kappa shape index (κ2) is 3.87. The topological polar surface area (TPSA) is 81.0 Å². The number of aromatic amines is 1. The summed E-state index contributed by atoms with van der Waals surface area (Å²) in [6.07, 6.45) is 2.85. The maximum atomic E-state index is 11.8. The van der Waals surface area contributed by atoms with Crippen molar-refractivity contribution < 1.29 is 9.53 Å². The van der Waals surface area contributed by atoms with Crippen LogP contribution in [-0.4, -0.2) is 16.1 Å². The first-order chi connectivity index (χ1) is 8.72. The van der Waals surface area contributed by atoms with Gasteiger partial charge in [0.25, 0.3) is 5.91 Å². The predicted molar refractivity (Wildman–Crippen MR) is 64.9 cm³/mol. The molecule has 0 bridgehead atoms. The van der Waals surface area contributed by atoms with Crippen LogP contribution in [0.1, 0.15) is 17.7 Å². The molecule has 0 fully saturated rings. The summed E-state index contributed by atoms with van der Waals surface area (Å²) in [6.45, 7) is 0. The van der Waals surface area contributed by atoms with Gasteiger partial charge in [-0.15, -0.1) is 0 Å². The third kappa shape index (κ3) is 1.48. The van der Waals surface area contributed by atoms with Crippen LogP contribution in [0.5, 0.6) is 5.75 Å². The lowest BCUT2D eigenvalue weighted by molar-refractivity contribution is -0.136. The number of H-pyrrole nitrogens is 1. The van der Waals surface area contributed by atoms with Gasteiger partial charge in [-0.1, -0.05) is 18.2 Å². The van der Waals surface area contributed by atoms with Gasteiger partial charge in [0.1, 0.15) is 5.75 Å². The number of rotatable bonds is 2. The lowest BCUT2D eigenvalue weighted by atomic mass is 9.87. The van der Waals surface area contributed by atoms with E-state index in [4.69, 9.17) is 10.5 Å². The van der Waals surface area contributed by atoms with Crippen molar-refractivity contribution in [3.8, 4) is 5.75 Å². The number of ether oxygens (including phenoxy) is 1. The summed E-state index contributed by atoms with van der Waals surface area (Å²) in [4.78, 5) is 11.8. The maximum absolute atomic E-state index is 11.8. The summed E-state index contributed by atoms with van der Waals surface area (Å²) < 4.78 is 5.88. The Kier molecular flexibility index (Phi) is 2.33. The number of amides is 1. The molecule has 2 heterocycles. The SMILES string of the molecule is NC(=O)C1(c2ccn[nH]2)CCc2ccccc2O1. The molecule has 1 aliphatic rings. The Balaban J connectivity index is 2.08. The number of nitrogens with two attached hydrogens (primary N) is 1.